The van der Waals surface area contributed by atoms with Crippen LogP contribution in [0.1, 0.15) is 45.4 Å². The minimum absolute atomic E-state index is 0.0178. The molecule has 0 aromatic heterocycles. The second kappa shape index (κ2) is 8.77. The van der Waals surface area contributed by atoms with Crippen molar-refractivity contribution < 1.29 is 9.59 Å². The zero-order valence-electron chi connectivity index (χ0n) is 13.6. The summed E-state index contributed by atoms with van der Waals surface area (Å²) in [4.78, 5) is 28.4. The average Bonchev–Trinajstić information content (AvgIpc) is 2.55. The van der Waals surface area contributed by atoms with Crippen LogP contribution < -0.4 is 5.73 Å². The maximum absolute atomic E-state index is 12.4. The highest BCUT2D eigenvalue weighted by Crippen LogP contribution is 2.20. The smallest absolute Gasteiger partial charge is 0.232 e. The maximum atomic E-state index is 12.4. The Bertz CT molecular complexity index is 384. The summed E-state index contributed by atoms with van der Waals surface area (Å²) in [5.74, 6) is 1.13. The first-order valence-corrected chi connectivity index (χ1v) is 9.65. The molecule has 2 N–H and O–H groups in total. The SMILES string of the molecule is CC(N)C1CCCCN1C(=O)CSCC(=O)N1CCCCC1. The monoisotopic (exact) mass is 327 g/mol. The Balaban J connectivity index is 1.73. The van der Waals surface area contributed by atoms with Gasteiger partial charge in [-0.3, -0.25) is 9.59 Å². The molecule has 2 aliphatic heterocycles. The number of likely N-dealkylation sites (tertiary alicyclic amines) is 2. The van der Waals surface area contributed by atoms with Gasteiger partial charge >= 0.3 is 0 Å². The average molecular weight is 327 g/mol. The Labute approximate surface area is 138 Å². The highest BCUT2D eigenvalue weighted by molar-refractivity contribution is 8.00. The molecule has 0 aliphatic carbocycles. The summed E-state index contributed by atoms with van der Waals surface area (Å²) in [5.41, 5.74) is 6.01. The van der Waals surface area contributed by atoms with Crippen LogP contribution in [0, 0.1) is 0 Å². The first-order chi connectivity index (χ1) is 10.6. The van der Waals surface area contributed by atoms with E-state index in [2.05, 4.69) is 0 Å². The Morgan fingerprint density at radius 3 is 2.36 bits per heavy atom. The molecular formula is C16H29N3O2S. The molecule has 2 amide bonds. The molecule has 2 heterocycles. The van der Waals surface area contributed by atoms with Crippen LogP contribution in [-0.2, 0) is 9.59 Å². The van der Waals surface area contributed by atoms with Crippen molar-refractivity contribution in [2.45, 2.75) is 57.5 Å². The van der Waals surface area contributed by atoms with Gasteiger partial charge in [0.25, 0.3) is 0 Å². The molecule has 22 heavy (non-hydrogen) atoms. The van der Waals surface area contributed by atoms with Gasteiger partial charge in [0.05, 0.1) is 11.5 Å². The molecule has 2 aliphatic rings. The van der Waals surface area contributed by atoms with Crippen LogP contribution in [0.2, 0.25) is 0 Å². The lowest BCUT2D eigenvalue weighted by Crippen LogP contribution is -2.52. The largest absolute Gasteiger partial charge is 0.342 e. The molecular weight excluding hydrogens is 298 g/mol. The molecule has 2 rings (SSSR count). The van der Waals surface area contributed by atoms with E-state index in [0.717, 1.165) is 51.7 Å². The van der Waals surface area contributed by atoms with Crippen molar-refractivity contribution >= 4 is 23.6 Å². The van der Waals surface area contributed by atoms with Gasteiger partial charge in [-0.25, -0.2) is 0 Å². The van der Waals surface area contributed by atoms with E-state index in [0.29, 0.717) is 11.5 Å². The number of hydrogen-bond acceptors (Lipinski definition) is 4. The van der Waals surface area contributed by atoms with Gasteiger partial charge in [0, 0.05) is 31.7 Å². The summed E-state index contributed by atoms with van der Waals surface area (Å²) in [7, 11) is 0. The van der Waals surface area contributed by atoms with E-state index < -0.39 is 0 Å². The van der Waals surface area contributed by atoms with Gasteiger partial charge in [0.2, 0.25) is 11.8 Å². The van der Waals surface area contributed by atoms with E-state index in [4.69, 9.17) is 5.73 Å². The number of thioether (sulfide) groups is 1. The lowest BCUT2D eigenvalue weighted by molar-refractivity contribution is -0.132. The minimum atomic E-state index is 0.0178. The van der Waals surface area contributed by atoms with Gasteiger partial charge < -0.3 is 15.5 Å². The molecule has 0 bridgehead atoms. The number of nitrogens with zero attached hydrogens (tertiary/aromatic N) is 2. The van der Waals surface area contributed by atoms with E-state index in [1.165, 1.54) is 18.2 Å². The maximum Gasteiger partial charge on any atom is 0.232 e. The standard InChI is InChI=1S/C16H29N3O2S/c1-13(17)14-7-3-6-10-19(14)16(21)12-22-11-15(20)18-8-4-2-5-9-18/h13-14H,2-12,17H2,1H3. The van der Waals surface area contributed by atoms with Crippen molar-refractivity contribution in [2.75, 3.05) is 31.1 Å². The fourth-order valence-electron chi connectivity index (χ4n) is 3.36. The van der Waals surface area contributed by atoms with Gasteiger partial charge in [-0.05, 0) is 45.4 Å². The topological polar surface area (TPSA) is 66.6 Å². The Morgan fingerprint density at radius 1 is 1.05 bits per heavy atom. The first-order valence-electron chi connectivity index (χ1n) is 8.50. The third-order valence-electron chi connectivity index (χ3n) is 4.64. The van der Waals surface area contributed by atoms with Gasteiger partial charge in [-0.1, -0.05) is 0 Å². The van der Waals surface area contributed by atoms with E-state index in [1.807, 2.05) is 16.7 Å². The van der Waals surface area contributed by atoms with Gasteiger partial charge in [-0.2, -0.15) is 0 Å². The minimum Gasteiger partial charge on any atom is -0.342 e. The molecule has 2 unspecified atom stereocenters. The zero-order valence-corrected chi connectivity index (χ0v) is 14.4. The predicted molar refractivity (Wildman–Crippen MR) is 90.8 cm³/mol. The van der Waals surface area contributed by atoms with Crippen LogP contribution in [0.3, 0.4) is 0 Å². The van der Waals surface area contributed by atoms with E-state index in [9.17, 15) is 9.59 Å². The third-order valence-corrected chi connectivity index (χ3v) is 5.54. The van der Waals surface area contributed by atoms with Crippen LogP contribution >= 0.6 is 11.8 Å². The van der Waals surface area contributed by atoms with Crippen LogP contribution in [0.4, 0.5) is 0 Å². The molecule has 2 fully saturated rings. The second-order valence-corrected chi connectivity index (χ2v) is 7.43. The van der Waals surface area contributed by atoms with E-state index in [1.54, 1.807) is 0 Å². The van der Waals surface area contributed by atoms with Crippen molar-refractivity contribution in [2.24, 2.45) is 5.73 Å². The van der Waals surface area contributed by atoms with Crippen molar-refractivity contribution in [1.29, 1.82) is 0 Å². The number of nitrogens with two attached hydrogens (primary N) is 1. The van der Waals surface area contributed by atoms with Crippen molar-refractivity contribution in [3.8, 4) is 0 Å². The quantitative estimate of drug-likeness (QED) is 0.830. The van der Waals surface area contributed by atoms with Crippen LogP contribution in [0.15, 0.2) is 0 Å². The van der Waals surface area contributed by atoms with Crippen LogP contribution in [0.25, 0.3) is 0 Å². The summed E-state index contributed by atoms with van der Waals surface area (Å²) >= 11 is 1.45. The molecule has 0 aromatic rings. The summed E-state index contributed by atoms with van der Waals surface area (Å²) in [6, 6.07) is 0.184. The molecule has 2 saturated heterocycles. The number of carbonyl (C=O) groups excluding carboxylic acids is 2. The normalized spacial score (nSPS) is 24.2. The summed E-state index contributed by atoms with van der Waals surface area (Å²) in [6.07, 6.45) is 6.66. The Morgan fingerprint density at radius 2 is 1.68 bits per heavy atom. The van der Waals surface area contributed by atoms with Gasteiger partial charge in [0.1, 0.15) is 0 Å². The lowest BCUT2D eigenvalue weighted by Gasteiger charge is -2.38. The van der Waals surface area contributed by atoms with Crippen molar-refractivity contribution in [1.82, 2.24) is 9.80 Å². The third kappa shape index (κ3) is 4.88. The highest BCUT2D eigenvalue weighted by Gasteiger charge is 2.29. The van der Waals surface area contributed by atoms with Gasteiger partial charge in [0.15, 0.2) is 0 Å². The molecule has 6 heteroatoms. The van der Waals surface area contributed by atoms with Crippen LogP contribution in [-0.4, -0.2) is 64.8 Å². The molecule has 2 atom stereocenters. The summed E-state index contributed by atoms with van der Waals surface area (Å²) in [6.45, 7) is 4.55. The number of carbonyl (C=O) groups is 2. The lowest BCUT2D eigenvalue weighted by atomic mass is 9.97. The predicted octanol–water partition coefficient (Wildman–Crippen LogP) is 1.46. The first kappa shape index (κ1) is 17.6. The van der Waals surface area contributed by atoms with Crippen molar-refractivity contribution in [3.63, 3.8) is 0 Å². The molecule has 126 valence electrons. The Kier molecular flexibility index (Phi) is 7.02. The summed E-state index contributed by atoms with van der Waals surface area (Å²) < 4.78 is 0. The molecule has 5 nitrogen and oxygen atoms in total. The van der Waals surface area contributed by atoms with Gasteiger partial charge in [-0.15, -0.1) is 11.8 Å². The fourth-order valence-corrected chi connectivity index (χ4v) is 4.16. The second-order valence-electron chi connectivity index (χ2n) is 6.44. The van der Waals surface area contributed by atoms with Crippen LogP contribution in [0.5, 0.6) is 0 Å². The van der Waals surface area contributed by atoms with E-state index >= 15 is 0 Å². The number of rotatable bonds is 5. The highest BCUT2D eigenvalue weighted by atomic mass is 32.2. The summed E-state index contributed by atoms with van der Waals surface area (Å²) in [5, 5.41) is 0. The number of piperidine rings is 2. The molecule has 0 spiro atoms. The molecule has 0 radical (unpaired) electrons. The number of amides is 2. The molecule has 0 saturated carbocycles. The van der Waals surface area contributed by atoms with E-state index in [-0.39, 0.29) is 23.9 Å². The number of hydrogen-bond donors (Lipinski definition) is 1. The zero-order chi connectivity index (χ0) is 15.9. The Hall–Kier alpha value is -0.750. The van der Waals surface area contributed by atoms with Crippen molar-refractivity contribution in [3.05, 3.63) is 0 Å². The fraction of sp³-hybridized carbons (Fsp3) is 0.875. The molecule has 0 aromatic carbocycles.